The zero-order valence-electron chi connectivity index (χ0n) is 22.4. The Kier molecular flexibility index (Phi) is 7.45. The lowest BCUT2D eigenvalue weighted by Gasteiger charge is -2.41. The Balaban J connectivity index is 1.15. The Labute approximate surface area is 234 Å². The van der Waals surface area contributed by atoms with Gasteiger partial charge in [-0.2, -0.15) is 0 Å². The highest BCUT2D eigenvalue weighted by Gasteiger charge is 2.32. The molecule has 0 saturated carbocycles. The van der Waals surface area contributed by atoms with Crippen LogP contribution in [0.3, 0.4) is 0 Å². The lowest BCUT2D eigenvalue weighted by molar-refractivity contribution is 0.0342. The summed E-state index contributed by atoms with van der Waals surface area (Å²) < 4.78 is 5.46. The van der Waals surface area contributed by atoms with Gasteiger partial charge in [0.05, 0.1) is 36.2 Å². The van der Waals surface area contributed by atoms with Crippen molar-refractivity contribution in [3.63, 3.8) is 0 Å². The highest BCUT2D eigenvalue weighted by Crippen LogP contribution is 2.42. The van der Waals surface area contributed by atoms with Crippen LogP contribution in [-0.4, -0.2) is 85.2 Å². The molecular formula is C30H36N6O2S. The first kappa shape index (κ1) is 25.7. The number of morpholine rings is 1. The fraction of sp³-hybridized carbons (Fsp3) is 0.367. The predicted molar refractivity (Wildman–Crippen MR) is 158 cm³/mol. The number of carbonyl (C=O) groups excluding carboxylic acids is 1. The van der Waals surface area contributed by atoms with E-state index in [0.717, 1.165) is 63.2 Å². The molecule has 204 valence electrons. The lowest BCUT2D eigenvalue weighted by Crippen LogP contribution is -2.50. The summed E-state index contributed by atoms with van der Waals surface area (Å²) in [4.78, 5) is 23.6. The van der Waals surface area contributed by atoms with E-state index in [9.17, 15) is 4.79 Å². The molecule has 2 aromatic carbocycles. The number of nitrogens with zero attached hydrogens (tertiary/aromatic N) is 4. The molecule has 3 N–H and O–H groups in total. The van der Waals surface area contributed by atoms with Crippen molar-refractivity contribution in [2.45, 2.75) is 13.1 Å². The van der Waals surface area contributed by atoms with Crippen LogP contribution < -0.4 is 11.1 Å². The van der Waals surface area contributed by atoms with Crippen LogP contribution in [0.5, 0.6) is 0 Å². The number of nitrogens with two attached hydrogens (primary N) is 1. The van der Waals surface area contributed by atoms with Gasteiger partial charge in [0.1, 0.15) is 0 Å². The average molecular weight is 545 g/mol. The van der Waals surface area contributed by atoms with Crippen LogP contribution >= 0.6 is 11.3 Å². The molecule has 4 heterocycles. The SMILES string of the molecule is CN1Cc2sc(N)cc2C(N2CCN(C(=O)Nc3cccc(CN4CCOCC4)c3)CC2)=C1c1ccccc1. The lowest BCUT2D eigenvalue weighted by atomic mass is 9.99. The maximum atomic E-state index is 13.2. The highest BCUT2D eigenvalue weighted by atomic mass is 32.1. The third-order valence-electron chi connectivity index (χ3n) is 7.69. The molecule has 0 aliphatic carbocycles. The molecule has 6 rings (SSSR count). The van der Waals surface area contributed by atoms with Gasteiger partial charge in [-0.05, 0) is 29.3 Å². The summed E-state index contributed by atoms with van der Waals surface area (Å²) in [5, 5.41) is 3.98. The molecule has 2 saturated heterocycles. The van der Waals surface area contributed by atoms with Gasteiger partial charge in [-0.25, -0.2) is 4.79 Å². The number of benzene rings is 2. The quantitative estimate of drug-likeness (QED) is 0.499. The molecule has 0 spiro atoms. The number of urea groups is 1. The maximum Gasteiger partial charge on any atom is 0.321 e. The van der Waals surface area contributed by atoms with Gasteiger partial charge in [-0.3, -0.25) is 4.90 Å². The number of anilines is 2. The summed E-state index contributed by atoms with van der Waals surface area (Å²) in [6.45, 7) is 8.00. The van der Waals surface area contributed by atoms with Crippen LogP contribution in [0.1, 0.15) is 21.6 Å². The fourth-order valence-corrected chi connectivity index (χ4v) is 6.73. The Morgan fingerprint density at radius 2 is 1.72 bits per heavy atom. The molecule has 3 aliphatic rings. The molecular weight excluding hydrogens is 508 g/mol. The van der Waals surface area contributed by atoms with Crippen LogP contribution in [0.4, 0.5) is 15.5 Å². The van der Waals surface area contributed by atoms with E-state index < -0.39 is 0 Å². The molecule has 8 nitrogen and oxygen atoms in total. The van der Waals surface area contributed by atoms with E-state index in [1.807, 2.05) is 17.0 Å². The van der Waals surface area contributed by atoms with Gasteiger partial charge in [-0.1, -0.05) is 42.5 Å². The second-order valence-corrected chi connectivity index (χ2v) is 11.6. The van der Waals surface area contributed by atoms with E-state index >= 15 is 0 Å². The van der Waals surface area contributed by atoms with Crippen LogP contribution in [0.15, 0.2) is 60.7 Å². The molecule has 0 radical (unpaired) electrons. The van der Waals surface area contributed by atoms with Crippen molar-refractivity contribution >= 4 is 39.5 Å². The van der Waals surface area contributed by atoms with Gasteiger partial charge in [-0.15, -0.1) is 11.3 Å². The molecule has 0 unspecified atom stereocenters. The number of hydrogen-bond acceptors (Lipinski definition) is 7. The number of thiophene rings is 1. The van der Waals surface area contributed by atoms with Crippen LogP contribution in [-0.2, 0) is 17.8 Å². The zero-order chi connectivity index (χ0) is 26.8. The Morgan fingerprint density at radius 3 is 2.49 bits per heavy atom. The Hall–Kier alpha value is -3.53. The van der Waals surface area contributed by atoms with Gasteiger partial charge >= 0.3 is 6.03 Å². The molecule has 2 fully saturated rings. The molecule has 0 bridgehead atoms. The first-order chi connectivity index (χ1) is 19.0. The van der Waals surface area contributed by atoms with Gasteiger partial charge in [0.25, 0.3) is 0 Å². The first-order valence-electron chi connectivity index (χ1n) is 13.6. The number of amides is 2. The van der Waals surface area contributed by atoms with Crippen molar-refractivity contribution in [1.82, 2.24) is 19.6 Å². The minimum absolute atomic E-state index is 0.0448. The number of nitrogen functional groups attached to an aromatic ring is 1. The summed E-state index contributed by atoms with van der Waals surface area (Å²) >= 11 is 1.67. The Bertz CT molecular complexity index is 1340. The van der Waals surface area contributed by atoms with Gasteiger partial charge < -0.3 is 30.5 Å². The molecule has 1 aromatic heterocycles. The van der Waals surface area contributed by atoms with Gasteiger partial charge in [0, 0.05) is 69.0 Å². The van der Waals surface area contributed by atoms with Crippen LogP contribution in [0.25, 0.3) is 11.4 Å². The number of piperazine rings is 1. The molecule has 2 amide bonds. The van der Waals surface area contributed by atoms with Crippen LogP contribution in [0, 0.1) is 0 Å². The van der Waals surface area contributed by atoms with E-state index in [2.05, 4.69) is 75.6 Å². The fourth-order valence-electron chi connectivity index (χ4n) is 5.74. The van der Waals surface area contributed by atoms with Crippen molar-refractivity contribution < 1.29 is 9.53 Å². The van der Waals surface area contributed by atoms with Crippen molar-refractivity contribution in [3.05, 3.63) is 82.2 Å². The second-order valence-electron chi connectivity index (χ2n) is 10.4. The highest BCUT2D eigenvalue weighted by molar-refractivity contribution is 7.16. The number of rotatable bonds is 5. The van der Waals surface area contributed by atoms with Crippen molar-refractivity contribution in [1.29, 1.82) is 0 Å². The van der Waals surface area contributed by atoms with E-state index in [4.69, 9.17) is 10.5 Å². The molecule has 3 aliphatic heterocycles. The smallest absolute Gasteiger partial charge is 0.321 e. The Morgan fingerprint density at radius 1 is 0.949 bits per heavy atom. The van der Waals surface area contributed by atoms with Crippen LogP contribution in [0.2, 0.25) is 0 Å². The minimum Gasteiger partial charge on any atom is -0.391 e. The number of hydrogen-bond donors (Lipinski definition) is 2. The summed E-state index contributed by atoms with van der Waals surface area (Å²) in [6, 6.07) is 20.8. The van der Waals surface area contributed by atoms with Gasteiger partial charge in [0.2, 0.25) is 0 Å². The largest absolute Gasteiger partial charge is 0.391 e. The number of fused-ring (bicyclic) bond motifs is 1. The van der Waals surface area contributed by atoms with Crippen molar-refractivity contribution in [2.24, 2.45) is 0 Å². The van der Waals surface area contributed by atoms with E-state index in [1.165, 1.54) is 33.0 Å². The van der Waals surface area contributed by atoms with Crippen molar-refractivity contribution in [2.75, 3.05) is 70.6 Å². The normalized spacial score (nSPS) is 18.3. The summed E-state index contributed by atoms with van der Waals surface area (Å²) in [5.41, 5.74) is 13.2. The topological polar surface area (TPSA) is 77.3 Å². The van der Waals surface area contributed by atoms with E-state index in [1.54, 1.807) is 11.3 Å². The molecule has 3 aromatic rings. The van der Waals surface area contributed by atoms with Gasteiger partial charge in [0.15, 0.2) is 0 Å². The third-order valence-corrected chi connectivity index (χ3v) is 8.64. The second kappa shape index (κ2) is 11.3. The number of nitrogens with one attached hydrogen (secondary N) is 1. The minimum atomic E-state index is -0.0448. The van der Waals surface area contributed by atoms with Crippen molar-refractivity contribution in [3.8, 4) is 0 Å². The summed E-state index contributed by atoms with van der Waals surface area (Å²) in [6.07, 6.45) is 0. The average Bonchev–Trinajstić information content (AvgIpc) is 3.33. The predicted octanol–water partition coefficient (Wildman–Crippen LogP) is 4.28. The molecule has 0 atom stereocenters. The van der Waals surface area contributed by atoms with E-state index in [-0.39, 0.29) is 6.03 Å². The number of carbonyl (C=O) groups is 1. The third kappa shape index (κ3) is 5.61. The standard InChI is InChI=1S/C30H36N6O2S/c1-33-21-26-25(19-27(31)39-26)29(28(33)23-7-3-2-4-8-23)35-10-12-36(13-11-35)30(37)32-24-9-5-6-22(18-24)20-34-14-16-38-17-15-34/h2-9,18-19H,10-17,20-21,31H2,1H3,(H,32,37). The maximum absolute atomic E-state index is 13.2. The van der Waals surface area contributed by atoms with E-state index in [0.29, 0.717) is 13.1 Å². The molecule has 39 heavy (non-hydrogen) atoms. The summed E-state index contributed by atoms with van der Waals surface area (Å²) in [5.74, 6) is 0. The molecule has 9 heteroatoms. The zero-order valence-corrected chi connectivity index (χ0v) is 23.3. The summed E-state index contributed by atoms with van der Waals surface area (Å²) in [7, 11) is 2.15. The first-order valence-corrected chi connectivity index (χ1v) is 14.5. The monoisotopic (exact) mass is 544 g/mol. The number of ether oxygens (including phenoxy) is 1.